The summed E-state index contributed by atoms with van der Waals surface area (Å²) in [4.78, 5) is 11.5. The molecule has 2 atom stereocenters. The lowest BCUT2D eigenvalue weighted by Gasteiger charge is -2.26. The van der Waals surface area contributed by atoms with Gasteiger partial charge in [-0.3, -0.25) is 0 Å². The number of hydrogen-bond donors (Lipinski definition) is 0. The van der Waals surface area contributed by atoms with Crippen LogP contribution in [0.1, 0.15) is 12.5 Å². The van der Waals surface area contributed by atoms with E-state index in [1.54, 1.807) is 7.11 Å². The molecule has 0 fully saturated rings. The summed E-state index contributed by atoms with van der Waals surface area (Å²) in [5, 5.41) is 0. The van der Waals surface area contributed by atoms with Crippen molar-refractivity contribution in [2.45, 2.75) is 13.0 Å². The number of fused-ring (bicyclic) bond motifs is 1. The molecule has 0 saturated heterocycles. The van der Waals surface area contributed by atoms with E-state index in [2.05, 4.69) is 0 Å². The summed E-state index contributed by atoms with van der Waals surface area (Å²) in [5.74, 6) is 1.70. The van der Waals surface area contributed by atoms with Gasteiger partial charge in [0.2, 0.25) is 6.79 Å². The number of rotatable bonds is 3. The number of esters is 1. The standard InChI is InChI=1S/C16H16O5/c1-10-12(21-16(17)8-14(10)18-2)5-3-11-4-6-13-15(7-11)20-9-19-13/h3-8,10,12H,9H2,1-2H3. The number of carbonyl (C=O) groups excluding carboxylic acids is 1. The van der Waals surface area contributed by atoms with Crippen molar-refractivity contribution < 1.29 is 23.7 Å². The van der Waals surface area contributed by atoms with Gasteiger partial charge >= 0.3 is 5.97 Å². The van der Waals surface area contributed by atoms with Crippen LogP contribution in [-0.4, -0.2) is 26.0 Å². The predicted molar refractivity (Wildman–Crippen MR) is 75.7 cm³/mol. The third kappa shape index (κ3) is 2.72. The highest BCUT2D eigenvalue weighted by atomic mass is 16.7. The van der Waals surface area contributed by atoms with Crippen molar-refractivity contribution in [2.24, 2.45) is 5.92 Å². The zero-order chi connectivity index (χ0) is 14.8. The second kappa shape index (κ2) is 5.52. The van der Waals surface area contributed by atoms with Crippen LogP contribution in [0.3, 0.4) is 0 Å². The van der Waals surface area contributed by atoms with E-state index in [0.717, 1.165) is 17.1 Å². The van der Waals surface area contributed by atoms with E-state index in [9.17, 15) is 4.79 Å². The number of methoxy groups -OCH3 is 1. The normalized spacial score (nSPS) is 23.9. The van der Waals surface area contributed by atoms with E-state index >= 15 is 0 Å². The van der Waals surface area contributed by atoms with E-state index in [1.807, 2.05) is 37.3 Å². The molecule has 1 aromatic rings. The molecular weight excluding hydrogens is 272 g/mol. The fourth-order valence-corrected chi connectivity index (χ4v) is 2.35. The fraction of sp³-hybridized carbons (Fsp3) is 0.312. The monoisotopic (exact) mass is 288 g/mol. The second-order valence-electron chi connectivity index (χ2n) is 4.91. The van der Waals surface area contributed by atoms with Crippen molar-refractivity contribution in [3.8, 4) is 11.5 Å². The predicted octanol–water partition coefficient (Wildman–Crippen LogP) is 2.52. The fourth-order valence-electron chi connectivity index (χ4n) is 2.35. The van der Waals surface area contributed by atoms with Gasteiger partial charge in [-0.05, 0) is 23.8 Å². The Morgan fingerprint density at radius 3 is 2.90 bits per heavy atom. The summed E-state index contributed by atoms with van der Waals surface area (Å²) in [6, 6.07) is 5.67. The Labute approximate surface area is 122 Å². The van der Waals surface area contributed by atoms with E-state index in [0.29, 0.717) is 5.76 Å². The lowest BCUT2D eigenvalue weighted by Crippen LogP contribution is -2.29. The topological polar surface area (TPSA) is 54.0 Å². The molecule has 0 saturated carbocycles. The Morgan fingerprint density at radius 2 is 2.10 bits per heavy atom. The molecule has 3 rings (SSSR count). The quantitative estimate of drug-likeness (QED) is 0.800. The maximum absolute atomic E-state index is 11.5. The number of ether oxygens (including phenoxy) is 4. The Morgan fingerprint density at radius 1 is 1.29 bits per heavy atom. The molecule has 110 valence electrons. The molecule has 21 heavy (non-hydrogen) atoms. The summed E-state index contributed by atoms with van der Waals surface area (Å²) in [6.45, 7) is 2.21. The molecule has 1 aromatic carbocycles. The smallest absolute Gasteiger partial charge is 0.334 e. The second-order valence-corrected chi connectivity index (χ2v) is 4.91. The molecule has 0 aromatic heterocycles. The summed E-state index contributed by atoms with van der Waals surface area (Å²) >= 11 is 0. The first-order chi connectivity index (χ1) is 10.2. The highest BCUT2D eigenvalue weighted by Crippen LogP contribution is 2.33. The van der Waals surface area contributed by atoms with Gasteiger partial charge in [0.1, 0.15) is 11.9 Å². The first-order valence-corrected chi connectivity index (χ1v) is 6.71. The van der Waals surface area contributed by atoms with Crippen molar-refractivity contribution in [3.63, 3.8) is 0 Å². The maximum Gasteiger partial charge on any atom is 0.334 e. The number of hydrogen-bond acceptors (Lipinski definition) is 5. The SMILES string of the molecule is COC1=CC(=O)OC(C=Cc2ccc3c(c2)OCO3)C1C. The summed E-state index contributed by atoms with van der Waals surface area (Å²) < 4.78 is 21.1. The summed E-state index contributed by atoms with van der Waals surface area (Å²) in [5.41, 5.74) is 0.955. The highest BCUT2D eigenvalue weighted by molar-refractivity contribution is 5.84. The van der Waals surface area contributed by atoms with Gasteiger partial charge in [-0.15, -0.1) is 0 Å². The molecule has 0 aliphatic carbocycles. The van der Waals surface area contributed by atoms with Crippen molar-refractivity contribution >= 4 is 12.0 Å². The molecular formula is C16H16O5. The van der Waals surface area contributed by atoms with E-state index in [-0.39, 0.29) is 24.8 Å². The van der Waals surface area contributed by atoms with Crippen LogP contribution < -0.4 is 9.47 Å². The van der Waals surface area contributed by atoms with Crippen LogP contribution in [-0.2, 0) is 14.3 Å². The lowest BCUT2D eigenvalue weighted by molar-refractivity contribution is -0.145. The number of carbonyl (C=O) groups is 1. The van der Waals surface area contributed by atoms with Crippen LogP contribution in [0.4, 0.5) is 0 Å². The van der Waals surface area contributed by atoms with E-state index in [4.69, 9.17) is 18.9 Å². The lowest BCUT2D eigenvalue weighted by atomic mass is 9.98. The molecule has 0 spiro atoms. The Bertz CT molecular complexity index is 617. The maximum atomic E-state index is 11.5. The van der Waals surface area contributed by atoms with Gasteiger partial charge in [0.25, 0.3) is 0 Å². The van der Waals surface area contributed by atoms with Crippen LogP contribution in [0.2, 0.25) is 0 Å². The number of benzene rings is 1. The zero-order valence-electron chi connectivity index (χ0n) is 11.9. The minimum atomic E-state index is -0.384. The van der Waals surface area contributed by atoms with Crippen LogP contribution in [0, 0.1) is 5.92 Å². The Kier molecular flexibility index (Phi) is 3.56. The number of cyclic esters (lactones) is 1. The highest BCUT2D eigenvalue weighted by Gasteiger charge is 2.28. The molecule has 2 heterocycles. The van der Waals surface area contributed by atoms with Gasteiger partial charge in [-0.1, -0.05) is 19.1 Å². The third-order valence-electron chi connectivity index (χ3n) is 3.56. The average Bonchev–Trinajstić information content (AvgIpc) is 2.95. The van der Waals surface area contributed by atoms with Crippen LogP contribution in [0.15, 0.2) is 36.1 Å². The molecule has 2 unspecified atom stereocenters. The van der Waals surface area contributed by atoms with Crippen molar-refractivity contribution in [1.29, 1.82) is 0 Å². The van der Waals surface area contributed by atoms with Crippen LogP contribution >= 0.6 is 0 Å². The van der Waals surface area contributed by atoms with Gasteiger partial charge < -0.3 is 18.9 Å². The third-order valence-corrected chi connectivity index (χ3v) is 3.56. The molecule has 0 amide bonds. The minimum Gasteiger partial charge on any atom is -0.500 e. The van der Waals surface area contributed by atoms with Crippen LogP contribution in [0.5, 0.6) is 11.5 Å². The molecule has 5 nitrogen and oxygen atoms in total. The van der Waals surface area contributed by atoms with Crippen molar-refractivity contribution in [2.75, 3.05) is 13.9 Å². The van der Waals surface area contributed by atoms with E-state index in [1.165, 1.54) is 6.08 Å². The van der Waals surface area contributed by atoms with Gasteiger partial charge in [0.05, 0.1) is 19.1 Å². The molecule has 2 aliphatic heterocycles. The average molecular weight is 288 g/mol. The Hall–Kier alpha value is -2.43. The van der Waals surface area contributed by atoms with Gasteiger partial charge in [-0.25, -0.2) is 4.79 Å². The summed E-state index contributed by atoms with van der Waals surface area (Å²) in [7, 11) is 1.56. The molecule has 5 heteroatoms. The van der Waals surface area contributed by atoms with Gasteiger partial charge in [0, 0.05) is 0 Å². The molecule has 2 aliphatic rings. The van der Waals surface area contributed by atoms with Crippen molar-refractivity contribution in [1.82, 2.24) is 0 Å². The minimum absolute atomic E-state index is 0.0158. The first kappa shape index (κ1) is 13.5. The van der Waals surface area contributed by atoms with E-state index < -0.39 is 0 Å². The molecule has 0 N–H and O–H groups in total. The van der Waals surface area contributed by atoms with Gasteiger partial charge in [-0.2, -0.15) is 0 Å². The largest absolute Gasteiger partial charge is 0.500 e. The Balaban J connectivity index is 1.77. The van der Waals surface area contributed by atoms with Crippen molar-refractivity contribution in [3.05, 3.63) is 41.7 Å². The zero-order valence-corrected chi connectivity index (χ0v) is 11.9. The first-order valence-electron chi connectivity index (χ1n) is 6.71. The van der Waals surface area contributed by atoms with Crippen LogP contribution in [0.25, 0.3) is 6.08 Å². The molecule has 0 radical (unpaired) electrons. The summed E-state index contributed by atoms with van der Waals surface area (Å²) in [6.07, 6.45) is 4.79. The molecule has 0 bridgehead atoms. The van der Waals surface area contributed by atoms with Gasteiger partial charge in [0.15, 0.2) is 11.5 Å².